The molecule has 1 saturated heterocycles. The van der Waals surface area contributed by atoms with Crippen LogP contribution in [0, 0.1) is 0 Å². The van der Waals surface area contributed by atoms with E-state index >= 15 is 0 Å². The topological polar surface area (TPSA) is 47.1 Å². The second-order valence-electron chi connectivity index (χ2n) is 6.06. The summed E-state index contributed by atoms with van der Waals surface area (Å²) in [6.07, 6.45) is 4.40. The van der Waals surface area contributed by atoms with Crippen LogP contribution in [0.3, 0.4) is 0 Å². The van der Waals surface area contributed by atoms with Gasteiger partial charge in [-0.3, -0.25) is 14.4 Å². The van der Waals surface area contributed by atoms with Crippen LogP contribution in [0.15, 0.2) is 35.1 Å². The standard InChI is InChI=1S/C17H20BrN3O2/c1-12(22)5-13-3-4-17(16(18)6-13)23-11-15-10-21(15)9-14-7-19-20(2)8-14/h3-4,6-8,15H,5,9-11H2,1-2H3. The Balaban J connectivity index is 1.48. The maximum absolute atomic E-state index is 11.2. The van der Waals surface area contributed by atoms with Crippen molar-refractivity contribution in [3.8, 4) is 5.75 Å². The summed E-state index contributed by atoms with van der Waals surface area (Å²) in [5.41, 5.74) is 2.23. The number of carbonyl (C=O) groups excluding carboxylic acids is 1. The maximum atomic E-state index is 11.2. The highest BCUT2D eigenvalue weighted by Gasteiger charge is 2.34. The third kappa shape index (κ3) is 4.42. The van der Waals surface area contributed by atoms with Crippen LogP contribution in [0.1, 0.15) is 18.1 Å². The van der Waals surface area contributed by atoms with E-state index in [-0.39, 0.29) is 5.78 Å². The Hall–Kier alpha value is -1.66. The number of hydrogen-bond acceptors (Lipinski definition) is 4. The largest absolute Gasteiger partial charge is 0.491 e. The van der Waals surface area contributed by atoms with Crippen LogP contribution in [-0.2, 0) is 24.8 Å². The molecule has 2 aromatic rings. The number of carbonyl (C=O) groups is 1. The molecule has 2 heterocycles. The van der Waals surface area contributed by atoms with E-state index in [4.69, 9.17) is 4.74 Å². The normalized spacial score (nSPS) is 19.6. The van der Waals surface area contributed by atoms with Crippen LogP contribution in [0.4, 0.5) is 0 Å². The molecule has 0 radical (unpaired) electrons. The van der Waals surface area contributed by atoms with Gasteiger partial charge >= 0.3 is 0 Å². The van der Waals surface area contributed by atoms with Gasteiger partial charge in [-0.25, -0.2) is 0 Å². The molecule has 2 atom stereocenters. The lowest BCUT2D eigenvalue weighted by atomic mass is 10.1. The predicted molar refractivity (Wildman–Crippen MR) is 91.4 cm³/mol. The number of Topliss-reactive ketones (excluding diaryl/α,β-unsaturated/α-hetero) is 1. The second kappa shape index (κ2) is 6.84. The van der Waals surface area contributed by atoms with Crippen LogP contribution in [-0.4, -0.2) is 39.7 Å². The van der Waals surface area contributed by atoms with Gasteiger partial charge in [0.1, 0.15) is 18.1 Å². The van der Waals surface area contributed by atoms with Gasteiger partial charge in [0.2, 0.25) is 0 Å². The van der Waals surface area contributed by atoms with E-state index in [2.05, 4.69) is 25.9 Å². The maximum Gasteiger partial charge on any atom is 0.134 e. The predicted octanol–water partition coefficient (Wildman–Crippen LogP) is 2.58. The van der Waals surface area contributed by atoms with E-state index < -0.39 is 0 Å². The van der Waals surface area contributed by atoms with Crippen LogP contribution in [0.25, 0.3) is 0 Å². The Labute approximate surface area is 144 Å². The minimum absolute atomic E-state index is 0.162. The summed E-state index contributed by atoms with van der Waals surface area (Å²) in [7, 11) is 1.93. The van der Waals surface area contributed by atoms with Crippen LogP contribution >= 0.6 is 15.9 Å². The van der Waals surface area contributed by atoms with Crippen molar-refractivity contribution in [2.45, 2.75) is 25.9 Å². The molecule has 0 bridgehead atoms. The molecule has 6 heteroatoms. The zero-order valence-electron chi connectivity index (χ0n) is 13.3. The molecule has 3 rings (SSSR count). The minimum Gasteiger partial charge on any atom is -0.491 e. The number of benzene rings is 1. The fourth-order valence-electron chi connectivity index (χ4n) is 2.61. The summed E-state index contributed by atoms with van der Waals surface area (Å²) in [5, 5.41) is 4.18. The average Bonchev–Trinajstić information content (AvgIpc) is 3.08. The Morgan fingerprint density at radius 2 is 2.26 bits per heavy atom. The number of nitrogens with zero attached hydrogens (tertiary/aromatic N) is 3. The summed E-state index contributed by atoms with van der Waals surface area (Å²) in [4.78, 5) is 13.5. The molecule has 2 unspecified atom stereocenters. The minimum atomic E-state index is 0.162. The Morgan fingerprint density at radius 1 is 1.43 bits per heavy atom. The van der Waals surface area contributed by atoms with Crippen LogP contribution in [0.5, 0.6) is 5.75 Å². The van der Waals surface area contributed by atoms with E-state index in [1.807, 2.05) is 42.3 Å². The van der Waals surface area contributed by atoms with Crippen molar-refractivity contribution in [3.05, 3.63) is 46.2 Å². The van der Waals surface area contributed by atoms with Gasteiger partial charge in [-0.15, -0.1) is 0 Å². The van der Waals surface area contributed by atoms with Crippen molar-refractivity contribution >= 4 is 21.7 Å². The molecule has 1 aliphatic rings. The highest BCUT2D eigenvalue weighted by atomic mass is 79.9. The van der Waals surface area contributed by atoms with Gasteiger partial charge in [0.15, 0.2) is 0 Å². The lowest BCUT2D eigenvalue weighted by molar-refractivity contribution is -0.116. The van der Waals surface area contributed by atoms with E-state index in [1.165, 1.54) is 5.56 Å². The smallest absolute Gasteiger partial charge is 0.134 e. The number of rotatable bonds is 7. The van der Waals surface area contributed by atoms with E-state index in [0.29, 0.717) is 19.1 Å². The molecule has 0 spiro atoms. The second-order valence-corrected chi connectivity index (χ2v) is 6.91. The van der Waals surface area contributed by atoms with Crippen molar-refractivity contribution in [3.63, 3.8) is 0 Å². The lowest BCUT2D eigenvalue weighted by Gasteiger charge is -2.09. The van der Waals surface area contributed by atoms with E-state index in [0.717, 1.165) is 28.9 Å². The third-order valence-electron chi connectivity index (χ3n) is 3.85. The van der Waals surface area contributed by atoms with Gasteiger partial charge < -0.3 is 4.74 Å². The molecular weight excluding hydrogens is 358 g/mol. The lowest BCUT2D eigenvalue weighted by Crippen LogP contribution is -2.11. The Bertz CT molecular complexity index is 714. The van der Waals surface area contributed by atoms with Crippen molar-refractivity contribution in [2.75, 3.05) is 13.2 Å². The number of ketones is 1. The van der Waals surface area contributed by atoms with Crippen LogP contribution < -0.4 is 4.74 Å². The van der Waals surface area contributed by atoms with Gasteiger partial charge in [0, 0.05) is 38.3 Å². The van der Waals surface area contributed by atoms with Crippen molar-refractivity contribution in [2.24, 2.45) is 7.05 Å². The summed E-state index contributed by atoms with van der Waals surface area (Å²) in [5.74, 6) is 0.986. The fraction of sp³-hybridized carbons (Fsp3) is 0.412. The molecule has 122 valence electrons. The molecular formula is C17H20BrN3O2. The van der Waals surface area contributed by atoms with Gasteiger partial charge in [-0.05, 0) is 40.5 Å². The summed E-state index contributed by atoms with van der Waals surface area (Å²) in [6.45, 7) is 4.24. The fourth-order valence-corrected chi connectivity index (χ4v) is 3.15. The number of halogens is 1. The molecule has 1 aromatic carbocycles. The van der Waals surface area contributed by atoms with Gasteiger partial charge in [0.05, 0.1) is 16.7 Å². The number of ether oxygens (including phenoxy) is 1. The molecule has 0 amide bonds. The van der Waals surface area contributed by atoms with Crippen molar-refractivity contribution in [1.82, 2.24) is 14.7 Å². The molecule has 1 aromatic heterocycles. The highest BCUT2D eigenvalue weighted by Crippen LogP contribution is 2.28. The third-order valence-corrected chi connectivity index (χ3v) is 4.47. The van der Waals surface area contributed by atoms with Crippen LogP contribution in [0.2, 0.25) is 0 Å². The molecule has 5 nitrogen and oxygen atoms in total. The monoisotopic (exact) mass is 377 g/mol. The summed E-state index contributed by atoms with van der Waals surface area (Å²) in [6, 6.07) is 6.29. The molecule has 1 fully saturated rings. The van der Waals surface area contributed by atoms with Crippen molar-refractivity contribution < 1.29 is 9.53 Å². The Kier molecular flexibility index (Phi) is 4.82. The zero-order chi connectivity index (χ0) is 16.4. The first-order valence-corrected chi connectivity index (χ1v) is 8.43. The molecule has 0 N–H and O–H groups in total. The first-order valence-electron chi connectivity index (χ1n) is 7.63. The van der Waals surface area contributed by atoms with Crippen molar-refractivity contribution in [1.29, 1.82) is 0 Å². The Morgan fingerprint density at radius 3 is 2.91 bits per heavy atom. The molecule has 0 saturated carbocycles. The first-order chi connectivity index (χ1) is 11.0. The molecule has 1 aliphatic heterocycles. The van der Waals surface area contributed by atoms with Gasteiger partial charge in [-0.1, -0.05) is 6.07 Å². The zero-order valence-corrected chi connectivity index (χ0v) is 14.9. The number of hydrogen-bond donors (Lipinski definition) is 0. The quantitative estimate of drug-likeness (QED) is 0.695. The molecule has 23 heavy (non-hydrogen) atoms. The average molecular weight is 378 g/mol. The first kappa shape index (κ1) is 16.2. The van der Waals surface area contributed by atoms with E-state index in [1.54, 1.807) is 6.92 Å². The summed E-state index contributed by atoms with van der Waals surface area (Å²) >= 11 is 3.52. The van der Waals surface area contributed by atoms with Gasteiger partial charge in [-0.2, -0.15) is 5.10 Å². The summed E-state index contributed by atoms with van der Waals surface area (Å²) < 4.78 is 8.62. The van der Waals surface area contributed by atoms with E-state index in [9.17, 15) is 4.79 Å². The SMILES string of the molecule is CC(=O)Cc1ccc(OCC2CN2Cc2cnn(C)c2)c(Br)c1. The number of aryl methyl sites for hydroxylation is 1. The van der Waals surface area contributed by atoms with Gasteiger partial charge in [0.25, 0.3) is 0 Å². The highest BCUT2D eigenvalue weighted by molar-refractivity contribution is 9.10. The number of aromatic nitrogens is 2. The molecule has 0 aliphatic carbocycles.